The van der Waals surface area contributed by atoms with E-state index >= 15 is 0 Å². The van der Waals surface area contributed by atoms with Gasteiger partial charge in [-0.1, -0.05) is 11.6 Å². The lowest BCUT2D eigenvalue weighted by Crippen LogP contribution is -2.34. The summed E-state index contributed by atoms with van der Waals surface area (Å²) in [5, 5.41) is 13.1. The Kier molecular flexibility index (Phi) is 5.64. The number of nitrogens with zero attached hydrogens (tertiary/aromatic N) is 1. The molecule has 116 valence electrons. The number of benzene rings is 1. The maximum atomic E-state index is 12.1. The maximum absolute atomic E-state index is 12.1. The van der Waals surface area contributed by atoms with Gasteiger partial charge in [-0.05, 0) is 18.6 Å². The minimum Gasteiger partial charge on any atom is -0.355 e. The maximum Gasteiger partial charge on any atom is 0.289 e. The molecule has 10 heteroatoms. The van der Waals surface area contributed by atoms with Crippen LogP contribution in [-0.2, 0) is 14.8 Å². The summed E-state index contributed by atoms with van der Waals surface area (Å²) in [6, 6.07) is 2.14. The third kappa shape index (κ3) is 4.66. The number of nitro benzene ring substituents is 1. The van der Waals surface area contributed by atoms with Crippen molar-refractivity contribution in [1.82, 2.24) is 10.0 Å². The van der Waals surface area contributed by atoms with Gasteiger partial charge in [0, 0.05) is 26.1 Å². The zero-order chi connectivity index (χ0) is 16.2. The van der Waals surface area contributed by atoms with E-state index in [1.165, 1.54) is 19.9 Å². The highest BCUT2D eigenvalue weighted by molar-refractivity contribution is 7.89. The van der Waals surface area contributed by atoms with Gasteiger partial charge in [0.05, 0.1) is 9.82 Å². The molecule has 0 unspecified atom stereocenters. The molecule has 0 atom stereocenters. The largest absolute Gasteiger partial charge is 0.355 e. The van der Waals surface area contributed by atoms with Crippen molar-refractivity contribution in [2.24, 2.45) is 0 Å². The molecule has 0 fully saturated rings. The average Bonchev–Trinajstić information content (AvgIpc) is 2.33. The summed E-state index contributed by atoms with van der Waals surface area (Å²) in [6.45, 7) is 2.88. The summed E-state index contributed by atoms with van der Waals surface area (Å²) in [6.07, 6.45) is 0. The summed E-state index contributed by atoms with van der Waals surface area (Å²) in [5.74, 6) is -0.285. The molecule has 0 heterocycles. The van der Waals surface area contributed by atoms with Gasteiger partial charge in [0.2, 0.25) is 15.9 Å². The molecule has 0 aromatic heterocycles. The van der Waals surface area contributed by atoms with E-state index < -0.39 is 20.6 Å². The Morgan fingerprint density at radius 1 is 1.38 bits per heavy atom. The van der Waals surface area contributed by atoms with Gasteiger partial charge in [0.15, 0.2) is 0 Å². The van der Waals surface area contributed by atoms with Crippen LogP contribution in [-0.4, -0.2) is 32.3 Å². The normalized spacial score (nSPS) is 11.2. The van der Waals surface area contributed by atoms with Gasteiger partial charge in [-0.3, -0.25) is 14.9 Å². The first kappa shape index (κ1) is 17.3. The van der Waals surface area contributed by atoms with Gasteiger partial charge in [0.1, 0.15) is 5.02 Å². The van der Waals surface area contributed by atoms with E-state index in [0.29, 0.717) is 0 Å². The topological polar surface area (TPSA) is 118 Å². The first-order chi connectivity index (χ1) is 9.65. The number of halogens is 1. The molecule has 8 nitrogen and oxygen atoms in total. The fourth-order valence-corrected chi connectivity index (χ4v) is 3.14. The van der Waals surface area contributed by atoms with Gasteiger partial charge in [-0.25, -0.2) is 13.1 Å². The lowest BCUT2D eigenvalue weighted by atomic mass is 10.2. The lowest BCUT2D eigenvalue weighted by Gasteiger charge is -2.10. The number of amides is 1. The third-order valence-electron chi connectivity index (χ3n) is 2.52. The second-order valence-corrected chi connectivity index (χ2v) is 6.35. The molecule has 1 aromatic rings. The Balaban J connectivity index is 3.00. The Morgan fingerprint density at radius 2 is 2.00 bits per heavy atom. The number of nitro groups is 1. The molecule has 1 amide bonds. The van der Waals surface area contributed by atoms with Gasteiger partial charge in [0.25, 0.3) is 5.69 Å². The fraction of sp³-hybridized carbons (Fsp3) is 0.364. The van der Waals surface area contributed by atoms with Gasteiger partial charge in [-0.15, -0.1) is 0 Å². The second kappa shape index (κ2) is 6.83. The van der Waals surface area contributed by atoms with Gasteiger partial charge in [-0.2, -0.15) is 0 Å². The molecule has 0 aliphatic carbocycles. The number of sulfonamides is 1. The van der Waals surface area contributed by atoms with Gasteiger partial charge >= 0.3 is 0 Å². The van der Waals surface area contributed by atoms with Crippen molar-refractivity contribution in [3.05, 3.63) is 32.8 Å². The van der Waals surface area contributed by atoms with E-state index in [-0.39, 0.29) is 34.5 Å². The summed E-state index contributed by atoms with van der Waals surface area (Å²) < 4.78 is 26.4. The molecule has 0 bridgehead atoms. The number of carbonyl (C=O) groups is 1. The van der Waals surface area contributed by atoms with Crippen molar-refractivity contribution in [3.8, 4) is 0 Å². The van der Waals surface area contributed by atoms with Crippen molar-refractivity contribution in [2.75, 3.05) is 13.1 Å². The molecule has 1 aromatic carbocycles. The fourth-order valence-electron chi connectivity index (χ4n) is 1.57. The minimum absolute atomic E-state index is 0.0300. The van der Waals surface area contributed by atoms with E-state index in [1.807, 2.05) is 0 Å². The van der Waals surface area contributed by atoms with Crippen molar-refractivity contribution in [2.45, 2.75) is 18.7 Å². The zero-order valence-corrected chi connectivity index (χ0v) is 12.9. The number of nitrogens with one attached hydrogen (secondary N) is 2. The van der Waals surface area contributed by atoms with Crippen LogP contribution < -0.4 is 10.0 Å². The molecule has 0 saturated heterocycles. The van der Waals surface area contributed by atoms with E-state index in [4.69, 9.17) is 11.6 Å². The Morgan fingerprint density at radius 3 is 2.52 bits per heavy atom. The predicted molar refractivity (Wildman–Crippen MR) is 76.7 cm³/mol. The number of hydrogen-bond acceptors (Lipinski definition) is 5. The lowest BCUT2D eigenvalue weighted by molar-refractivity contribution is -0.384. The Bertz CT molecular complexity index is 675. The molecular formula is C11H14ClN3O5S. The molecule has 0 radical (unpaired) electrons. The number of aryl methyl sites for hydroxylation is 1. The second-order valence-electron chi connectivity index (χ2n) is 4.21. The van der Waals surface area contributed by atoms with E-state index in [9.17, 15) is 23.3 Å². The molecule has 0 spiro atoms. The summed E-state index contributed by atoms with van der Waals surface area (Å²) in [7, 11) is -3.93. The van der Waals surface area contributed by atoms with Crippen LogP contribution in [0.5, 0.6) is 0 Å². The molecule has 1 rings (SSSR count). The third-order valence-corrected chi connectivity index (χ3v) is 4.43. The minimum atomic E-state index is -3.93. The first-order valence-electron chi connectivity index (χ1n) is 5.84. The van der Waals surface area contributed by atoms with E-state index in [0.717, 1.165) is 6.07 Å². The highest BCUT2D eigenvalue weighted by Gasteiger charge is 2.23. The predicted octanol–water partition coefficient (Wildman–Crippen LogP) is 0.971. The summed E-state index contributed by atoms with van der Waals surface area (Å²) >= 11 is 5.70. The smallest absolute Gasteiger partial charge is 0.289 e. The number of hydrogen-bond donors (Lipinski definition) is 2. The van der Waals surface area contributed by atoms with Crippen molar-refractivity contribution in [1.29, 1.82) is 0 Å². The van der Waals surface area contributed by atoms with Crippen LogP contribution in [0.15, 0.2) is 17.0 Å². The first-order valence-corrected chi connectivity index (χ1v) is 7.70. The van der Waals surface area contributed by atoms with Crippen LogP contribution in [0.25, 0.3) is 0 Å². The summed E-state index contributed by atoms with van der Waals surface area (Å²) in [5.41, 5.74) is -0.192. The Hall–Kier alpha value is -1.71. The molecule has 2 N–H and O–H groups in total. The van der Waals surface area contributed by atoms with Crippen LogP contribution in [0.2, 0.25) is 5.02 Å². The molecule has 0 saturated carbocycles. The highest BCUT2D eigenvalue weighted by atomic mass is 35.5. The SMILES string of the molecule is CC(=O)NCCNS(=O)(=O)c1cc([N+](=O)[O-])c(Cl)cc1C. The Labute approximate surface area is 126 Å². The van der Waals surface area contributed by atoms with Crippen LogP contribution in [0.1, 0.15) is 12.5 Å². The number of carbonyl (C=O) groups excluding carboxylic acids is 1. The van der Waals surface area contributed by atoms with E-state index in [2.05, 4.69) is 10.0 Å². The standard InChI is InChI=1S/C11H14ClN3O5S/c1-7-5-9(12)10(15(17)18)6-11(7)21(19,20)14-4-3-13-8(2)16/h5-6,14H,3-4H2,1-2H3,(H,13,16). The van der Waals surface area contributed by atoms with Crippen molar-refractivity contribution < 1.29 is 18.1 Å². The molecular weight excluding hydrogens is 322 g/mol. The molecule has 0 aliphatic rings. The monoisotopic (exact) mass is 335 g/mol. The zero-order valence-electron chi connectivity index (χ0n) is 11.3. The van der Waals surface area contributed by atoms with E-state index in [1.54, 1.807) is 0 Å². The molecule has 0 aliphatic heterocycles. The van der Waals surface area contributed by atoms with Gasteiger partial charge < -0.3 is 5.32 Å². The van der Waals surface area contributed by atoms with Crippen LogP contribution in [0, 0.1) is 17.0 Å². The van der Waals surface area contributed by atoms with Crippen LogP contribution in [0.4, 0.5) is 5.69 Å². The molecule has 21 heavy (non-hydrogen) atoms. The van der Waals surface area contributed by atoms with Crippen LogP contribution >= 0.6 is 11.6 Å². The van der Waals surface area contributed by atoms with Crippen molar-refractivity contribution in [3.63, 3.8) is 0 Å². The number of rotatable bonds is 6. The summed E-state index contributed by atoms with van der Waals surface area (Å²) in [4.78, 5) is 20.5. The van der Waals surface area contributed by atoms with Crippen LogP contribution in [0.3, 0.4) is 0 Å². The highest BCUT2D eigenvalue weighted by Crippen LogP contribution is 2.29. The average molecular weight is 336 g/mol. The quantitative estimate of drug-likeness (QED) is 0.456. The van der Waals surface area contributed by atoms with Crippen molar-refractivity contribution >= 4 is 33.2 Å².